The predicted molar refractivity (Wildman–Crippen MR) is 50.1 cm³/mol. The molecule has 0 saturated heterocycles. The van der Waals surface area contributed by atoms with Gasteiger partial charge >= 0.3 is 0 Å². The van der Waals surface area contributed by atoms with E-state index in [4.69, 9.17) is 4.52 Å². The summed E-state index contributed by atoms with van der Waals surface area (Å²) in [5.41, 5.74) is -2.60. The summed E-state index contributed by atoms with van der Waals surface area (Å²) < 4.78 is 4.91. The van der Waals surface area contributed by atoms with Gasteiger partial charge in [-0.1, -0.05) is 19.2 Å². The van der Waals surface area contributed by atoms with Crippen LogP contribution < -0.4 is 4.89 Å². The maximum atomic E-state index is 11.2. The average Bonchev–Trinajstić information content (AvgIpc) is 1.84. The normalized spacial score (nSPS) is 16.4. The van der Waals surface area contributed by atoms with Gasteiger partial charge < -0.3 is 9.42 Å². The lowest BCUT2D eigenvalue weighted by molar-refractivity contribution is -0.174. The van der Waals surface area contributed by atoms with Crippen LogP contribution in [0.3, 0.4) is 0 Å². The minimum Gasteiger partial charge on any atom is -0.756 e. The first-order valence-electron chi connectivity index (χ1n) is 3.24. The highest BCUT2D eigenvalue weighted by atomic mass is 32.9. The molecule has 0 aliphatic carbocycles. The van der Waals surface area contributed by atoms with Gasteiger partial charge in [-0.15, -0.1) is 0 Å². The molecule has 0 aromatic carbocycles. The summed E-state index contributed by atoms with van der Waals surface area (Å²) in [5, 5.41) is 0. The molecule has 0 aromatic rings. The maximum absolute atomic E-state index is 11.2. The maximum Gasteiger partial charge on any atom is 0.237 e. The Labute approximate surface area is 71.3 Å². The van der Waals surface area contributed by atoms with Gasteiger partial charge in [0.05, 0.1) is 6.61 Å². The Morgan fingerprint density at radius 2 is 2.20 bits per heavy atom. The lowest BCUT2D eigenvalue weighted by Crippen LogP contribution is -2.00. The van der Waals surface area contributed by atoms with Gasteiger partial charge in [0.15, 0.2) is 16.7 Å². The number of thiol groups is 1. The minimum absolute atomic E-state index is 0.470. The topological polar surface area (TPSA) is 32.3 Å². The molecule has 1 unspecified atom stereocenters. The third kappa shape index (κ3) is 5.69. The van der Waals surface area contributed by atoms with Crippen LogP contribution in [0, 0.1) is 0 Å². The van der Waals surface area contributed by atoms with Gasteiger partial charge in [0.2, 0.25) is 5.69 Å². The van der Waals surface area contributed by atoms with Gasteiger partial charge in [-0.2, -0.15) is 0 Å². The zero-order valence-corrected chi connectivity index (χ0v) is 8.85. The van der Waals surface area contributed by atoms with Crippen LogP contribution in [0.15, 0.2) is 0 Å². The Hall–Kier alpha value is 0.920. The molecule has 10 heavy (non-hydrogen) atoms. The Bertz CT molecular complexity index is 132. The van der Waals surface area contributed by atoms with Crippen LogP contribution in [0.25, 0.3) is 0 Å². The molecule has 62 valence electrons. The van der Waals surface area contributed by atoms with Crippen LogP contribution in [0.4, 0.5) is 0 Å². The van der Waals surface area contributed by atoms with Crippen LogP contribution >= 0.6 is 17.9 Å². The lowest BCUT2D eigenvalue weighted by Gasteiger charge is -2.11. The summed E-state index contributed by atoms with van der Waals surface area (Å²) >= 11 is 3.90. The summed E-state index contributed by atoms with van der Waals surface area (Å²) in [5.74, 6) is 0.848. The van der Waals surface area contributed by atoms with Crippen molar-refractivity contribution in [2.75, 3.05) is 12.4 Å². The molecule has 1 atom stereocenters. The van der Waals surface area contributed by atoms with Crippen LogP contribution in [0.2, 0.25) is 0 Å². The molecular formula is C5H13O2PS2. The number of rotatable bonds is 4. The van der Waals surface area contributed by atoms with Crippen LogP contribution in [-0.2, 0) is 15.5 Å². The van der Waals surface area contributed by atoms with Crippen molar-refractivity contribution < 1.29 is 9.42 Å². The lowest BCUT2D eigenvalue weighted by atomic mass is 10.6. The van der Waals surface area contributed by atoms with Gasteiger partial charge in [-0.25, -0.2) is 0 Å². The van der Waals surface area contributed by atoms with E-state index in [1.54, 1.807) is 0 Å². The SMILES string of the molecule is CCC[S+]=P([O-])(S)OCC. The predicted octanol–water partition coefficient (Wildman–Crippen LogP) is 1.48. The molecule has 0 heterocycles. The first-order valence-corrected chi connectivity index (χ1v) is 7.61. The highest BCUT2D eigenvalue weighted by Crippen LogP contribution is 2.44. The van der Waals surface area contributed by atoms with E-state index in [-0.39, 0.29) is 0 Å². The zero-order chi connectivity index (χ0) is 8.04. The van der Waals surface area contributed by atoms with Crippen molar-refractivity contribution in [3.05, 3.63) is 0 Å². The standard InChI is InChI=1S/C5H13O2PS2/c1-3-5-10-8(6,9)7-4-2/h3-5H2,1-2H3,(H-,6,9). The molecule has 5 heteroatoms. The van der Waals surface area contributed by atoms with Gasteiger partial charge in [0, 0.05) is 0 Å². The number of hydrogen-bond donors (Lipinski definition) is 1. The van der Waals surface area contributed by atoms with E-state index >= 15 is 0 Å². The highest BCUT2D eigenvalue weighted by Gasteiger charge is 2.08. The van der Waals surface area contributed by atoms with E-state index in [0.717, 1.165) is 12.2 Å². The third-order valence-corrected chi connectivity index (χ3v) is 5.48. The van der Waals surface area contributed by atoms with Crippen LogP contribution in [0.5, 0.6) is 0 Å². The first kappa shape index (κ1) is 10.9. The summed E-state index contributed by atoms with van der Waals surface area (Å²) in [6, 6.07) is 0. The average molecular weight is 200 g/mol. The largest absolute Gasteiger partial charge is 0.756 e. The van der Waals surface area contributed by atoms with E-state index < -0.39 is 5.69 Å². The quantitative estimate of drug-likeness (QED) is 0.423. The molecule has 0 aromatic heterocycles. The molecule has 0 spiro atoms. The Morgan fingerprint density at radius 1 is 1.60 bits per heavy atom. The highest BCUT2D eigenvalue weighted by molar-refractivity contribution is 8.62. The smallest absolute Gasteiger partial charge is 0.237 e. The molecule has 0 saturated carbocycles. The summed E-state index contributed by atoms with van der Waals surface area (Å²) in [6.45, 7) is 4.32. The van der Waals surface area contributed by atoms with E-state index in [2.05, 4.69) is 12.2 Å². The Kier molecular flexibility index (Phi) is 6.07. The van der Waals surface area contributed by atoms with Crippen LogP contribution in [-0.4, -0.2) is 12.4 Å². The van der Waals surface area contributed by atoms with Crippen molar-refractivity contribution in [3.63, 3.8) is 0 Å². The van der Waals surface area contributed by atoms with Gasteiger partial charge in [-0.3, -0.25) is 0 Å². The zero-order valence-electron chi connectivity index (χ0n) is 6.24. The molecule has 0 rings (SSSR count). The molecule has 0 aliphatic rings. The summed E-state index contributed by atoms with van der Waals surface area (Å²) in [6.07, 6.45) is 1.00. The van der Waals surface area contributed by atoms with Crippen molar-refractivity contribution in [1.29, 1.82) is 0 Å². The van der Waals surface area contributed by atoms with E-state index in [1.807, 2.05) is 13.8 Å². The monoisotopic (exact) mass is 200 g/mol. The van der Waals surface area contributed by atoms with E-state index in [9.17, 15) is 4.89 Å². The van der Waals surface area contributed by atoms with Crippen molar-refractivity contribution >= 4 is 28.9 Å². The Balaban J connectivity index is 3.81. The second-order valence-electron chi connectivity index (χ2n) is 1.72. The third-order valence-electron chi connectivity index (χ3n) is 0.751. The second-order valence-corrected chi connectivity index (χ2v) is 8.19. The molecule has 0 amide bonds. The molecule has 0 N–H and O–H groups in total. The number of hydrogen-bond acceptors (Lipinski definition) is 2. The van der Waals surface area contributed by atoms with Crippen LogP contribution in [0.1, 0.15) is 20.3 Å². The van der Waals surface area contributed by atoms with Gasteiger partial charge in [-0.05, 0) is 13.3 Å². The molecule has 2 nitrogen and oxygen atoms in total. The summed E-state index contributed by atoms with van der Waals surface area (Å²) in [4.78, 5) is 11.2. The van der Waals surface area contributed by atoms with Crippen molar-refractivity contribution in [1.82, 2.24) is 0 Å². The van der Waals surface area contributed by atoms with Crippen molar-refractivity contribution in [3.8, 4) is 0 Å². The fourth-order valence-corrected chi connectivity index (χ4v) is 4.08. The van der Waals surface area contributed by atoms with Crippen molar-refractivity contribution in [2.45, 2.75) is 20.3 Å². The Morgan fingerprint density at radius 3 is 2.60 bits per heavy atom. The van der Waals surface area contributed by atoms with E-state index in [1.165, 1.54) is 10.9 Å². The fraction of sp³-hybridized carbons (Fsp3) is 1.00. The fourth-order valence-electron chi connectivity index (χ4n) is 0.407. The molecule has 0 aliphatic heterocycles. The van der Waals surface area contributed by atoms with Crippen molar-refractivity contribution in [2.24, 2.45) is 0 Å². The van der Waals surface area contributed by atoms with Gasteiger partial charge in [0.1, 0.15) is 0 Å². The summed E-state index contributed by atoms with van der Waals surface area (Å²) in [7, 11) is 1.30. The second kappa shape index (κ2) is 5.56. The van der Waals surface area contributed by atoms with E-state index in [0.29, 0.717) is 6.61 Å². The molecule has 0 bridgehead atoms. The minimum atomic E-state index is -2.60. The molecule has 0 radical (unpaired) electrons. The van der Waals surface area contributed by atoms with Gasteiger partial charge in [0.25, 0.3) is 0 Å². The first-order chi connectivity index (χ1) is 4.62. The molecule has 0 fully saturated rings. The molecular weight excluding hydrogens is 187 g/mol.